The van der Waals surface area contributed by atoms with Crippen LogP contribution in [0.3, 0.4) is 0 Å². The third-order valence-electron chi connectivity index (χ3n) is 3.63. The number of aromatic nitrogens is 1. The van der Waals surface area contributed by atoms with Crippen molar-refractivity contribution in [2.45, 2.75) is 11.8 Å². The van der Waals surface area contributed by atoms with Gasteiger partial charge in [0.2, 0.25) is 0 Å². The summed E-state index contributed by atoms with van der Waals surface area (Å²) in [6.07, 6.45) is 2.66. The van der Waals surface area contributed by atoms with E-state index in [-0.39, 0.29) is 4.90 Å². The van der Waals surface area contributed by atoms with Gasteiger partial charge in [-0.15, -0.1) is 0 Å². The van der Waals surface area contributed by atoms with Crippen LogP contribution in [-0.2, 0) is 10.0 Å². The number of rotatable bonds is 5. The van der Waals surface area contributed by atoms with E-state index in [2.05, 4.69) is 15.6 Å². The summed E-state index contributed by atoms with van der Waals surface area (Å²) in [5.74, 6) is 0. The number of nitrogens with one attached hydrogen (secondary N) is 3. The first kappa shape index (κ1) is 18.4. The number of nitrogens with zero attached hydrogens (tertiary/aromatic N) is 1. The van der Waals surface area contributed by atoms with Gasteiger partial charge >= 0.3 is 6.03 Å². The molecule has 2 amide bonds. The second-order valence-corrected chi connectivity index (χ2v) is 7.44. The largest absolute Gasteiger partial charge is 0.354 e. The third-order valence-corrected chi connectivity index (χ3v) is 4.99. The van der Waals surface area contributed by atoms with E-state index in [0.717, 1.165) is 11.3 Å². The van der Waals surface area contributed by atoms with Crippen LogP contribution >= 0.6 is 0 Å². The summed E-state index contributed by atoms with van der Waals surface area (Å²) in [7, 11) is -4.13. The van der Waals surface area contributed by atoms with Crippen molar-refractivity contribution in [3.8, 4) is 0 Å². The lowest BCUT2D eigenvalue weighted by Crippen LogP contribution is -2.34. The van der Waals surface area contributed by atoms with Crippen LogP contribution in [0.5, 0.6) is 0 Å². The van der Waals surface area contributed by atoms with Gasteiger partial charge in [-0.05, 0) is 42.8 Å². The minimum atomic E-state index is -4.13. The Morgan fingerprint density at radius 3 is 2.44 bits per heavy atom. The van der Waals surface area contributed by atoms with Crippen LogP contribution in [0.4, 0.5) is 21.9 Å². The van der Waals surface area contributed by atoms with E-state index in [4.69, 9.17) is 0 Å². The van der Waals surface area contributed by atoms with Crippen LogP contribution < -0.4 is 15.4 Å². The highest BCUT2D eigenvalue weighted by Crippen LogP contribution is 2.24. The number of amides is 2. The molecule has 0 unspecified atom stereocenters. The Kier molecular flexibility index (Phi) is 5.37. The van der Waals surface area contributed by atoms with Crippen molar-refractivity contribution in [1.82, 2.24) is 9.71 Å². The zero-order chi connectivity index (χ0) is 19.3. The highest BCUT2D eigenvalue weighted by Gasteiger charge is 2.22. The zero-order valence-electron chi connectivity index (χ0n) is 14.5. The molecular weight excluding hydrogens is 364 g/mol. The first-order valence-corrected chi connectivity index (χ1v) is 9.59. The van der Waals surface area contributed by atoms with Gasteiger partial charge in [0.1, 0.15) is 4.90 Å². The monoisotopic (exact) mass is 382 g/mol. The Labute approximate surface area is 157 Å². The fourth-order valence-electron chi connectivity index (χ4n) is 2.43. The van der Waals surface area contributed by atoms with E-state index < -0.39 is 16.1 Å². The van der Waals surface area contributed by atoms with Crippen LogP contribution in [0.15, 0.2) is 78.0 Å². The summed E-state index contributed by atoms with van der Waals surface area (Å²) in [5, 5.41) is 5.53. The quantitative estimate of drug-likeness (QED) is 0.625. The van der Waals surface area contributed by atoms with E-state index in [1.807, 2.05) is 35.9 Å². The maximum atomic E-state index is 12.7. The molecule has 0 aliphatic rings. The van der Waals surface area contributed by atoms with Gasteiger partial charge in [0.05, 0.1) is 5.69 Å². The van der Waals surface area contributed by atoms with Crippen molar-refractivity contribution in [1.29, 1.82) is 0 Å². The van der Waals surface area contributed by atoms with Crippen molar-refractivity contribution in [3.05, 3.63) is 78.6 Å². The molecular formula is C19H18N4O3S. The van der Waals surface area contributed by atoms with Gasteiger partial charge in [-0.3, -0.25) is 4.98 Å². The van der Waals surface area contributed by atoms with Crippen molar-refractivity contribution < 1.29 is 13.2 Å². The molecule has 0 aliphatic heterocycles. The molecule has 7 nitrogen and oxygen atoms in total. The van der Waals surface area contributed by atoms with Crippen molar-refractivity contribution >= 4 is 33.1 Å². The molecule has 27 heavy (non-hydrogen) atoms. The lowest BCUT2D eigenvalue weighted by molar-refractivity contribution is 0.256. The minimum absolute atomic E-state index is 0.130. The first-order chi connectivity index (χ1) is 12.9. The number of para-hydroxylation sites is 1. The van der Waals surface area contributed by atoms with Gasteiger partial charge in [0.25, 0.3) is 10.0 Å². The summed E-state index contributed by atoms with van der Waals surface area (Å²) in [4.78, 5) is 15.8. The lowest BCUT2D eigenvalue weighted by atomic mass is 10.2. The van der Waals surface area contributed by atoms with Gasteiger partial charge in [-0.25, -0.2) is 17.9 Å². The molecule has 1 heterocycles. The average Bonchev–Trinajstić information content (AvgIpc) is 2.62. The molecule has 0 saturated carbocycles. The van der Waals surface area contributed by atoms with Gasteiger partial charge in [-0.1, -0.05) is 30.3 Å². The number of urea groups is 1. The number of hydrogen-bond acceptors (Lipinski definition) is 5. The standard InChI is InChI=1S/C19H18N4O3S/c1-14-6-5-9-16(12-14)21-17-10-11-20-13-18(17)27(25,26)23-19(24)22-15-7-3-2-4-8-15/h2-13H,1H3,(H,20,21)(H2,22,23,24). The summed E-state index contributed by atoms with van der Waals surface area (Å²) in [5.41, 5.74) is 2.55. The molecule has 3 aromatic rings. The van der Waals surface area contributed by atoms with E-state index >= 15 is 0 Å². The van der Waals surface area contributed by atoms with Gasteiger partial charge < -0.3 is 10.6 Å². The highest BCUT2D eigenvalue weighted by atomic mass is 32.2. The third kappa shape index (κ3) is 4.83. The molecule has 0 radical (unpaired) electrons. The average molecular weight is 382 g/mol. The van der Waals surface area contributed by atoms with Crippen LogP contribution in [0, 0.1) is 6.92 Å². The second kappa shape index (κ2) is 7.88. The molecule has 3 rings (SSSR count). The Morgan fingerprint density at radius 1 is 0.963 bits per heavy atom. The van der Waals surface area contributed by atoms with Crippen LogP contribution in [0.2, 0.25) is 0 Å². The van der Waals surface area contributed by atoms with Crippen LogP contribution in [-0.4, -0.2) is 19.4 Å². The summed E-state index contributed by atoms with van der Waals surface area (Å²) in [6.45, 7) is 1.94. The molecule has 0 atom stereocenters. The fourth-order valence-corrected chi connectivity index (χ4v) is 3.44. The molecule has 3 N–H and O–H groups in total. The number of sulfonamides is 1. The Balaban J connectivity index is 1.81. The SMILES string of the molecule is Cc1cccc(Nc2ccncc2S(=O)(=O)NC(=O)Nc2ccccc2)c1. The minimum Gasteiger partial charge on any atom is -0.354 e. The smallest absolute Gasteiger partial charge is 0.333 e. The topological polar surface area (TPSA) is 100 Å². The molecule has 8 heteroatoms. The number of carbonyl (C=O) groups excluding carboxylic acids is 1. The molecule has 0 saturated heterocycles. The number of carbonyl (C=O) groups is 1. The molecule has 0 bridgehead atoms. The number of benzene rings is 2. The number of anilines is 3. The van der Waals surface area contributed by atoms with Gasteiger partial charge in [0, 0.05) is 23.8 Å². The zero-order valence-corrected chi connectivity index (χ0v) is 15.3. The van der Waals surface area contributed by atoms with Gasteiger partial charge in [0.15, 0.2) is 0 Å². The van der Waals surface area contributed by atoms with E-state index in [0.29, 0.717) is 11.4 Å². The lowest BCUT2D eigenvalue weighted by Gasteiger charge is -2.13. The maximum absolute atomic E-state index is 12.7. The molecule has 2 aromatic carbocycles. The fraction of sp³-hybridized carbons (Fsp3) is 0.0526. The Hall–Kier alpha value is -3.39. The maximum Gasteiger partial charge on any atom is 0.333 e. The summed E-state index contributed by atoms with van der Waals surface area (Å²) in [6, 6.07) is 16.7. The first-order valence-electron chi connectivity index (χ1n) is 8.10. The molecule has 0 spiro atoms. The predicted molar refractivity (Wildman–Crippen MR) is 104 cm³/mol. The van der Waals surface area contributed by atoms with Gasteiger partial charge in [-0.2, -0.15) is 0 Å². The molecule has 138 valence electrons. The Morgan fingerprint density at radius 2 is 1.70 bits per heavy atom. The van der Waals surface area contributed by atoms with Crippen LogP contribution in [0.1, 0.15) is 5.56 Å². The molecule has 0 aliphatic carbocycles. The molecule has 1 aromatic heterocycles. The van der Waals surface area contributed by atoms with Crippen molar-refractivity contribution in [3.63, 3.8) is 0 Å². The van der Waals surface area contributed by atoms with E-state index in [1.165, 1.54) is 18.5 Å². The highest BCUT2D eigenvalue weighted by molar-refractivity contribution is 7.90. The van der Waals surface area contributed by atoms with Crippen molar-refractivity contribution in [2.75, 3.05) is 10.6 Å². The number of aryl methyl sites for hydroxylation is 1. The normalized spacial score (nSPS) is 10.9. The Bertz CT molecular complexity index is 1050. The summed E-state index contributed by atoms with van der Waals surface area (Å²) >= 11 is 0. The van der Waals surface area contributed by atoms with E-state index in [1.54, 1.807) is 30.3 Å². The van der Waals surface area contributed by atoms with E-state index in [9.17, 15) is 13.2 Å². The predicted octanol–water partition coefficient (Wildman–Crippen LogP) is 3.64. The number of pyridine rings is 1. The second-order valence-electron chi connectivity index (χ2n) is 5.79. The molecule has 0 fully saturated rings. The van der Waals surface area contributed by atoms with Crippen molar-refractivity contribution in [2.24, 2.45) is 0 Å². The number of hydrogen-bond donors (Lipinski definition) is 3. The van der Waals surface area contributed by atoms with Crippen LogP contribution in [0.25, 0.3) is 0 Å². The summed E-state index contributed by atoms with van der Waals surface area (Å²) < 4.78 is 27.3.